The molecule has 0 saturated carbocycles. The molecule has 0 aliphatic carbocycles. The summed E-state index contributed by atoms with van der Waals surface area (Å²) in [6, 6.07) is 19.2. The lowest BCUT2D eigenvalue weighted by molar-refractivity contribution is -0.119. The molecule has 7 nitrogen and oxygen atoms in total. The van der Waals surface area contributed by atoms with Crippen molar-refractivity contribution < 1.29 is 13.2 Å². The predicted octanol–water partition coefficient (Wildman–Crippen LogP) is 7.05. The third-order valence-electron chi connectivity index (χ3n) is 5.78. The van der Waals surface area contributed by atoms with E-state index in [9.17, 15) is 13.2 Å². The lowest BCUT2D eigenvalue weighted by Gasteiger charge is -2.24. The van der Waals surface area contributed by atoms with Gasteiger partial charge in [-0.1, -0.05) is 64.6 Å². The number of hydrogen-bond donors (Lipinski definition) is 1. The van der Waals surface area contributed by atoms with Crippen LogP contribution >= 0.6 is 46.4 Å². The highest BCUT2D eigenvalue weighted by Crippen LogP contribution is 2.30. The molecule has 39 heavy (non-hydrogen) atoms. The van der Waals surface area contributed by atoms with Crippen molar-refractivity contribution in [1.29, 1.82) is 0 Å². The zero-order chi connectivity index (χ0) is 28.3. The second-order valence-corrected chi connectivity index (χ2v) is 12.1. The van der Waals surface area contributed by atoms with Crippen molar-refractivity contribution in [3.8, 4) is 5.69 Å². The lowest BCUT2D eigenvalue weighted by atomic mass is 10.2. The molecule has 4 rings (SSSR count). The molecule has 1 aromatic heterocycles. The summed E-state index contributed by atoms with van der Waals surface area (Å²) in [6.07, 6.45) is 1.48. The quantitative estimate of drug-likeness (QED) is 0.169. The molecule has 1 N–H and O–H groups in total. The summed E-state index contributed by atoms with van der Waals surface area (Å²) >= 11 is 24.5. The van der Waals surface area contributed by atoms with Crippen LogP contribution < -0.4 is 9.73 Å². The Balaban J connectivity index is 1.57. The number of anilines is 1. The second kappa shape index (κ2) is 12.0. The van der Waals surface area contributed by atoms with Gasteiger partial charge in [0.2, 0.25) is 0 Å². The van der Waals surface area contributed by atoms with Gasteiger partial charge in [0.1, 0.15) is 6.54 Å². The van der Waals surface area contributed by atoms with Crippen LogP contribution in [0.1, 0.15) is 17.0 Å². The van der Waals surface area contributed by atoms with E-state index in [4.69, 9.17) is 46.4 Å². The highest BCUT2D eigenvalue weighted by atomic mass is 35.5. The summed E-state index contributed by atoms with van der Waals surface area (Å²) in [6.45, 7) is 3.26. The monoisotopic (exact) mass is 622 g/mol. The van der Waals surface area contributed by atoms with Gasteiger partial charge in [0.05, 0.1) is 26.8 Å². The molecule has 0 aliphatic heterocycles. The van der Waals surface area contributed by atoms with Crippen LogP contribution in [0.2, 0.25) is 20.1 Å². The van der Waals surface area contributed by atoms with Gasteiger partial charge < -0.3 is 4.57 Å². The van der Waals surface area contributed by atoms with Gasteiger partial charge in [-0.25, -0.2) is 13.8 Å². The number of nitrogens with zero attached hydrogens (tertiary/aromatic N) is 3. The zero-order valence-corrected chi connectivity index (χ0v) is 24.5. The molecule has 0 aliphatic rings. The van der Waals surface area contributed by atoms with Gasteiger partial charge in [0.15, 0.2) is 0 Å². The maximum Gasteiger partial charge on any atom is 0.264 e. The van der Waals surface area contributed by atoms with E-state index < -0.39 is 22.5 Å². The van der Waals surface area contributed by atoms with Crippen LogP contribution in [-0.2, 0) is 14.8 Å². The molecule has 1 amide bonds. The van der Waals surface area contributed by atoms with Crippen molar-refractivity contribution in [3.63, 3.8) is 0 Å². The molecular weight excluding hydrogens is 602 g/mol. The number of sulfonamides is 1. The van der Waals surface area contributed by atoms with Crippen molar-refractivity contribution in [2.24, 2.45) is 5.10 Å². The predicted molar refractivity (Wildman–Crippen MR) is 158 cm³/mol. The zero-order valence-electron chi connectivity index (χ0n) is 20.7. The number of hydrogen-bond acceptors (Lipinski definition) is 4. The number of aromatic nitrogens is 1. The number of nitrogens with one attached hydrogen (secondary N) is 1. The van der Waals surface area contributed by atoms with Gasteiger partial charge in [-0.05, 0) is 68.4 Å². The molecule has 1 heterocycles. The van der Waals surface area contributed by atoms with E-state index in [1.807, 2.05) is 24.5 Å². The molecule has 0 spiro atoms. The van der Waals surface area contributed by atoms with E-state index in [-0.39, 0.29) is 20.6 Å². The molecule has 3 aromatic carbocycles. The molecule has 0 bridgehead atoms. The summed E-state index contributed by atoms with van der Waals surface area (Å²) in [4.78, 5) is 12.9. The first kappa shape index (κ1) is 29.0. The first-order valence-electron chi connectivity index (χ1n) is 11.5. The summed E-state index contributed by atoms with van der Waals surface area (Å²) in [5, 5.41) is 5.47. The minimum Gasteiger partial charge on any atom is -0.318 e. The largest absolute Gasteiger partial charge is 0.318 e. The maximum absolute atomic E-state index is 13.4. The van der Waals surface area contributed by atoms with Crippen LogP contribution in [0.25, 0.3) is 5.69 Å². The van der Waals surface area contributed by atoms with Gasteiger partial charge >= 0.3 is 0 Å². The number of halogens is 4. The molecule has 0 atom stereocenters. The fourth-order valence-corrected chi connectivity index (χ4v) is 6.24. The van der Waals surface area contributed by atoms with Crippen molar-refractivity contribution >= 4 is 74.2 Å². The number of hydrazone groups is 1. The Hall–Kier alpha value is -3.01. The van der Waals surface area contributed by atoms with Gasteiger partial charge in [0.25, 0.3) is 15.9 Å². The fraction of sp³-hybridized carbons (Fsp3) is 0.111. The number of rotatable bonds is 8. The highest BCUT2D eigenvalue weighted by Gasteiger charge is 2.27. The Kier molecular flexibility index (Phi) is 8.93. The van der Waals surface area contributed by atoms with Crippen molar-refractivity contribution in [2.75, 3.05) is 10.8 Å². The Morgan fingerprint density at radius 1 is 0.923 bits per heavy atom. The number of carbonyl (C=O) groups is 1. The van der Waals surface area contributed by atoms with E-state index in [0.29, 0.717) is 10.0 Å². The Bertz CT molecular complexity index is 1650. The molecule has 202 valence electrons. The van der Waals surface area contributed by atoms with E-state index >= 15 is 0 Å². The highest BCUT2D eigenvalue weighted by molar-refractivity contribution is 7.92. The Morgan fingerprint density at radius 2 is 1.59 bits per heavy atom. The van der Waals surface area contributed by atoms with E-state index in [2.05, 4.69) is 10.5 Å². The van der Waals surface area contributed by atoms with Crippen LogP contribution in [-0.4, -0.2) is 31.7 Å². The van der Waals surface area contributed by atoms with E-state index in [1.165, 1.54) is 36.5 Å². The SMILES string of the molecule is Cc1cc(/C=N\NC(=O)CN(c2ccc(Cl)c(Cl)c2)S(=O)(=O)c2ccccc2)c(C)n1-c1cc(Cl)cc(Cl)c1. The number of aryl methyl sites for hydroxylation is 1. The molecular formula is C27H22Cl4N4O3S. The normalized spacial score (nSPS) is 11.6. The smallest absolute Gasteiger partial charge is 0.264 e. The third kappa shape index (κ3) is 6.59. The van der Waals surface area contributed by atoms with Crippen LogP contribution in [0.3, 0.4) is 0 Å². The first-order valence-corrected chi connectivity index (χ1v) is 14.4. The number of amides is 1. The van der Waals surface area contributed by atoms with Crippen LogP contribution in [0.15, 0.2) is 82.8 Å². The lowest BCUT2D eigenvalue weighted by Crippen LogP contribution is -2.39. The third-order valence-corrected chi connectivity index (χ3v) is 8.74. The average molecular weight is 624 g/mol. The fourth-order valence-electron chi connectivity index (χ4n) is 4.00. The van der Waals surface area contributed by atoms with Gasteiger partial charge in [-0.15, -0.1) is 0 Å². The summed E-state index contributed by atoms with van der Waals surface area (Å²) in [7, 11) is -4.11. The summed E-state index contributed by atoms with van der Waals surface area (Å²) in [5.74, 6) is -0.660. The van der Waals surface area contributed by atoms with Crippen molar-refractivity contribution in [3.05, 3.63) is 110 Å². The average Bonchev–Trinajstić information content (AvgIpc) is 3.16. The molecule has 0 fully saturated rings. The van der Waals surface area contributed by atoms with Crippen LogP contribution in [0, 0.1) is 13.8 Å². The minimum atomic E-state index is -4.11. The molecule has 0 radical (unpaired) electrons. The standard InChI is InChI=1S/C27H22Cl4N4O3S/c1-17-10-19(18(2)35(17)23-12-20(28)11-21(29)13-23)15-32-33-27(36)16-34(22-8-9-25(30)26(31)14-22)39(37,38)24-6-4-3-5-7-24/h3-15H,16H2,1-2H3,(H,33,36)/b32-15-. The van der Waals surface area contributed by atoms with Gasteiger partial charge in [0, 0.05) is 32.7 Å². The maximum atomic E-state index is 13.4. The molecule has 0 unspecified atom stereocenters. The van der Waals surface area contributed by atoms with Gasteiger partial charge in [-0.3, -0.25) is 9.10 Å². The Morgan fingerprint density at radius 3 is 2.23 bits per heavy atom. The number of benzene rings is 3. The topological polar surface area (TPSA) is 83.8 Å². The summed E-state index contributed by atoms with van der Waals surface area (Å²) in [5.41, 5.74) is 5.85. The molecule has 4 aromatic rings. The molecule has 0 saturated heterocycles. The van der Waals surface area contributed by atoms with Crippen LogP contribution in [0.4, 0.5) is 5.69 Å². The minimum absolute atomic E-state index is 0.0148. The van der Waals surface area contributed by atoms with E-state index in [0.717, 1.165) is 26.9 Å². The molecule has 12 heteroatoms. The summed E-state index contributed by atoms with van der Waals surface area (Å²) < 4.78 is 29.8. The van der Waals surface area contributed by atoms with Crippen molar-refractivity contribution in [1.82, 2.24) is 9.99 Å². The first-order chi connectivity index (χ1) is 18.5. The van der Waals surface area contributed by atoms with Gasteiger partial charge in [-0.2, -0.15) is 5.10 Å². The number of carbonyl (C=O) groups excluding carboxylic acids is 1. The Labute approximate surface area is 246 Å². The second-order valence-electron chi connectivity index (χ2n) is 8.51. The van der Waals surface area contributed by atoms with E-state index in [1.54, 1.807) is 36.4 Å². The van der Waals surface area contributed by atoms with Crippen LogP contribution in [0.5, 0.6) is 0 Å². The van der Waals surface area contributed by atoms with Crippen molar-refractivity contribution in [2.45, 2.75) is 18.7 Å².